The Kier molecular flexibility index (Phi) is 12.0. The zero-order valence-electron chi connectivity index (χ0n) is 25.3. The summed E-state index contributed by atoms with van der Waals surface area (Å²) in [6.07, 6.45) is 3.36. The molecule has 1 atom stereocenters. The van der Waals surface area contributed by atoms with Crippen molar-refractivity contribution in [3.63, 3.8) is 0 Å². The first-order chi connectivity index (χ1) is 21.3. The van der Waals surface area contributed by atoms with Crippen LogP contribution in [0.15, 0.2) is 48.5 Å². The van der Waals surface area contributed by atoms with Crippen LogP contribution in [0.3, 0.4) is 0 Å². The largest absolute Gasteiger partial charge is 0.481 e. The summed E-state index contributed by atoms with van der Waals surface area (Å²) in [7, 11) is 3.75. The predicted octanol–water partition coefficient (Wildman–Crippen LogP) is 4.55. The Bertz CT molecular complexity index is 1510. The number of tetrazole rings is 1. The number of H-pyrrole nitrogens is 1. The summed E-state index contributed by atoms with van der Waals surface area (Å²) in [5.41, 5.74) is 4.53. The van der Waals surface area contributed by atoms with Crippen LogP contribution in [-0.2, 0) is 33.9 Å². The van der Waals surface area contributed by atoms with Crippen molar-refractivity contribution in [3.8, 4) is 22.5 Å². The van der Waals surface area contributed by atoms with E-state index in [2.05, 4.69) is 62.1 Å². The van der Waals surface area contributed by atoms with Crippen LogP contribution in [-0.4, -0.2) is 78.9 Å². The molecule has 0 fully saturated rings. The molecule has 0 bridgehead atoms. The fraction of sp³-hybridized carbons (Fsp3) is 0.419. The van der Waals surface area contributed by atoms with Crippen molar-refractivity contribution in [1.29, 1.82) is 0 Å². The molecule has 0 aliphatic carbocycles. The number of aromatic amines is 1. The van der Waals surface area contributed by atoms with Crippen LogP contribution in [0.25, 0.3) is 22.5 Å². The number of aliphatic carboxylic acids is 1. The van der Waals surface area contributed by atoms with Gasteiger partial charge in [-0.05, 0) is 55.3 Å². The first-order valence-electron chi connectivity index (χ1n) is 14.7. The molecule has 234 valence electrons. The van der Waals surface area contributed by atoms with Crippen molar-refractivity contribution >= 4 is 23.5 Å². The molecular weight excluding hydrogens is 584 g/mol. The molecule has 0 unspecified atom stereocenters. The van der Waals surface area contributed by atoms with Crippen molar-refractivity contribution < 1.29 is 19.4 Å². The van der Waals surface area contributed by atoms with Crippen LogP contribution in [0, 0.1) is 0 Å². The molecule has 0 saturated carbocycles. The standard InChI is InChI=1S/C31H39ClN8O4/c1-4-5-12-27-34-29(32)26(19-44-31(43)25(33-20-39(2)3)11-8-13-28(41)42)40(27)18-21-14-16-22(17-15-21)23-9-6-7-10-24(23)30-35-37-38-36-30/h6-7,9-10,14-17,25,33H,4-5,8,11-13,18-20H2,1-3H3,(H,41,42)(H,35,36,37,38)/t25-/m0/s1. The Morgan fingerprint density at radius 2 is 1.86 bits per heavy atom. The number of aryl methyl sites for hydroxylation is 1. The summed E-state index contributed by atoms with van der Waals surface area (Å²) in [5.74, 6) is 0.00159. The minimum absolute atomic E-state index is 0.0196. The van der Waals surface area contributed by atoms with Gasteiger partial charge in [0, 0.05) is 31.6 Å². The number of carbonyl (C=O) groups is 2. The molecule has 12 nitrogen and oxygen atoms in total. The van der Waals surface area contributed by atoms with Gasteiger partial charge in [0.2, 0.25) is 5.82 Å². The van der Waals surface area contributed by atoms with Crippen LogP contribution in [0.1, 0.15) is 56.1 Å². The lowest BCUT2D eigenvalue weighted by atomic mass is 9.98. The molecular formula is C31H39ClN8O4. The van der Waals surface area contributed by atoms with Gasteiger partial charge in [-0.25, -0.2) is 4.98 Å². The molecule has 0 amide bonds. The van der Waals surface area contributed by atoms with E-state index in [-0.39, 0.29) is 13.0 Å². The van der Waals surface area contributed by atoms with Crippen molar-refractivity contribution in [2.24, 2.45) is 0 Å². The molecule has 0 spiro atoms. The summed E-state index contributed by atoms with van der Waals surface area (Å²) in [6, 6.07) is 15.5. The minimum atomic E-state index is -0.899. The van der Waals surface area contributed by atoms with Crippen LogP contribution >= 0.6 is 11.6 Å². The Labute approximate surface area is 261 Å². The molecule has 4 rings (SSSR count). The molecule has 44 heavy (non-hydrogen) atoms. The lowest BCUT2D eigenvalue weighted by molar-refractivity contribution is -0.148. The second kappa shape index (κ2) is 16.1. The smallest absolute Gasteiger partial charge is 0.323 e. The molecule has 2 heterocycles. The number of ether oxygens (including phenoxy) is 1. The topological polar surface area (TPSA) is 151 Å². The monoisotopic (exact) mass is 622 g/mol. The summed E-state index contributed by atoms with van der Waals surface area (Å²) in [4.78, 5) is 30.6. The highest BCUT2D eigenvalue weighted by atomic mass is 35.5. The predicted molar refractivity (Wildman–Crippen MR) is 167 cm³/mol. The number of aromatic nitrogens is 6. The van der Waals surface area contributed by atoms with E-state index >= 15 is 0 Å². The van der Waals surface area contributed by atoms with Gasteiger partial charge in [0.15, 0.2) is 5.15 Å². The molecule has 0 radical (unpaired) electrons. The number of esters is 1. The van der Waals surface area contributed by atoms with Crippen LogP contribution in [0.5, 0.6) is 0 Å². The molecule has 4 aromatic rings. The highest BCUT2D eigenvalue weighted by Crippen LogP contribution is 2.30. The number of benzene rings is 2. The SMILES string of the molecule is CCCCc1nc(Cl)c(COC(=O)[C@H](CCCC(=O)O)NCN(C)C)n1Cc1ccc(-c2ccccc2-c2nn[nH]n2)cc1. The number of carboxylic acid groups (broad SMARTS) is 1. The fourth-order valence-corrected chi connectivity index (χ4v) is 5.08. The quantitative estimate of drug-likeness (QED) is 0.113. The number of nitrogens with zero attached hydrogens (tertiary/aromatic N) is 6. The first kappa shape index (κ1) is 32.8. The van der Waals surface area contributed by atoms with Gasteiger partial charge in [0.25, 0.3) is 0 Å². The summed E-state index contributed by atoms with van der Waals surface area (Å²) in [5, 5.41) is 27.0. The number of hydrogen-bond acceptors (Lipinski definition) is 9. The molecule has 2 aromatic heterocycles. The van der Waals surface area contributed by atoms with Crippen LogP contribution in [0.4, 0.5) is 0 Å². The summed E-state index contributed by atoms with van der Waals surface area (Å²) >= 11 is 6.62. The second-order valence-electron chi connectivity index (χ2n) is 10.8. The van der Waals surface area contributed by atoms with E-state index in [1.165, 1.54) is 0 Å². The molecule has 13 heteroatoms. The lowest BCUT2D eigenvalue weighted by Gasteiger charge is -2.20. The van der Waals surface area contributed by atoms with Gasteiger partial charge < -0.3 is 14.4 Å². The zero-order valence-corrected chi connectivity index (χ0v) is 26.0. The number of halogens is 1. The second-order valence-corrected chi connectivity index (χ2v) is 11.2. The van der Waals surface area contributed by atoms with Crippen molar-refractivity contribution in [3.05, 3.63) is 70.8 Å². The Balaban J connectivity index is 1.52. The summed E-state index contributed by atoms with van der Waals surface area (Å²) in [6.45, 7) is 3.02. The number of rotatable bonds is 17. The van der Waals surface area contributed by atoms with Crippen molar-refractivity contribution in [1.82, 2.24) is 40.4 Å². The Hall–Kier alpha value is -4.13. The van der Waals surface area contributed by atoms with Gasteiger partial charge in [-0.15, -0.1) is 10.2 Å². The number of carboxylic acids is 1. The van der Waals surface area contributed by atoms with Crippen molar-refractivity contribution in [2.75, 3.05) is 20.8 Å². The molecule has 0 aliphatic rings. The third kappa shape index (κ3) is 8.94. The first-order valence-corrected chi connectivity index (χ1v) is 15.1. The summed E-state index contributed by atoms with van der Waals surface area (Å²) < 4.78 is 7.78. The van der Waals surface area contributed by atoms with Crippen molar-refractivity contribution in [2.45, 2.75) is 64.6 Å². The minimum Gasteiger partial charge on any atom is -0.481 e. The van der Waals surface area contributed by atoms with Crippen LogP contribution < -0.4 is 5.32 Å². The van der Waals surface area contributed by atoms with E-state index in [1.807, 2.05) is 47.8 Å². The molecule has 3 N–H and O–H groups in total. The van der Waals surface area contributed by atoms with Crippen LogP contribution in [0.2, 0.25) is 5.15 Å². The normalized spacial score (nSPS) is 12.0. The molecule has 0 aliphatic heterocycles. The molecule has 2 aromatic carbocycles. The number of imidazole rings is 1. The van der Waals surface area contributed by atoms with E-state index in [0.29, 0.717) is 42.7 Å². The average molecular weight is 623 g/mol. The van der Waals surface area contributed by atoms with Gasteiger partial charge >= 0.3 is 11.9 Å². The lowest BCUT2D eigenvalue weighted by Crippen LogP contribution is -2.42. The highest BCUT2D eigenvalue weighted by Gasteiger charge is 2.23. The number of unbranched alkanes of at least 4 members (excludes halogenated alkanes) is 1. The average Bonchev–Trinajstić information content (AvgIpc) is 3.65. The van der Waals surface area contributed by atoms with Gasteiger partial charge in [-0.1, -0.05) is 73.5 Å². The van der Waals surface area contributed by atoms with E-state index in [9.17, 15) is 9.59 Å². The van der Waals surface area contributed by atoms with Gasteiger partial charge in [-0.3, -0.25) is 19.8 Å². The van der Waals surface area contributed by atoms with E-state index in [0.717, 1.165) is 47.3 Å². The third-order valence-electron chi connectivity index (χ3n) is 7.15. The van der Waals surface area contributed by atoms with E-state index < -0.39 is 18.0 Å². The van der Waals surface area contributed by atoms with Gasteiger partial charge in [0.05, 0.1) is 5.69 Å². The maximum absolute atomic E-state index is 13.1. The maximum Gasteiger partial charge on any atom is 0.323 e. The maximum atomic E-state index is 13.1. The Morgan fingerprint density at radius 3 is 2.52 bits per heavy atom. The number of carbonyl (C=O) groups excluding carboxylic acids is 1. The highest BCUT2D eigenvalue weighted by molar-refractivity contribution is 6.30. The third-order valence-corrected chi connectivity index (χ3v) is 7.45. The molecule has 0 saturated heterocycles. The Morgan fingerprint density at radius 1 is 1.11 bits per heavy atom. The zero-order chi connectivity index (χ0) is 31.5. The van der Waals surface area contributed by atoms with E-state index in [1.54, 1.807) is 0 Å². The van der Waals surface area contributed by atoms with E-state index in [4.69, 9.17) is 21.4 Å². The fourth-order valence-electron chi connectivity index (χ4n) is 4.83. The number of nitrogens with one attached hydrogen (secondary N) is 2. The van der Waals surface area contributed by atoms with Gasteiger partial charge in [0.1, 0.15) is 18.5 Å². The van der Waals surface area contributed by atoms with Gasteiger partial charge in [-0.2, -0.15) is 5.21 Å². The number of hydrogen-bond donors (Lipinski definition) is 3.